The molecule has 1 aromatic rings. The Labute approximate surface area is 115 Å². The number of carbonyl (C=O) groups excluding carboxylic acids is 1. The molecule has 1 N–H and O–H groups in total. The molecule has 0 heterocycles. The number of benzene rings is 1. The van der Waals surface area contributed by atoms with Gasteiger partial charge in [-0.25, -0.2) is 4.79 Å². The van der Waals surface area contributed by atoms with Crippen LogP contribution in [0.3, 0.4) is 0 Å². The van der Waals surface area contributed by atoms with Crippen LogP contribution < -0.4 is 10.1 Å². The first kappa shape index (κ1) is 15.3. The predicted octanol–water partition coefficient (Wildman–Crippen LogP) is 3.29. The van der Waals surface area contributed by atoms with Gasteiger partial charge in [-0.1, -0.05) is 17.7 Å². The Morgan fingerprint density at radius 2 is 1.84 bits per heavy atom. The van der Waals surface area contributed by atoms with Gasteiger partial charge in [-0.05, 0) is 46.8 Å². The summed E-state index contributed by atoms with van der Waals surface area (Å²) < 4.78 is 10.8. The SMILES string of the molecule is Cc1ccc(OC[C@H](C)NC(=O)OC(C)(C)C)cc1. The van der Waals surface area contributed by atoms with E-state index in [1.807, 2.05) is 58.9 Å². The molecule has 106 valence electrons. The van der Waals surface area contributed by atoms with E-state index in [0.717, 1.165) is 5.75 Å². The van der Waals surface area contributed by atoms with E-state index >= 15 is 0 Å². The monoisotopic (exact) mass is 265 g/mol. The highest BCUT2D eigenvalue weighted by molar-refractivity contribution is 5.68. The van der Waals surface area contributed by atoms with Crippen molar-refractivity contribution in [1.29, 1.82) is 0 Å². The number of carbonyl (C=O) groups is 1. The van der Waals surface area contributed by atoms with E-state index in [4.69, 9.17) is 9.47 Å². The molecule has 0 spiro atoms. The molecule has 4 nitrogen and oxygen atoms in total. The summed E-state index contributed by atoms with van der Waals surface area (Å²) in [5.41, 5.74) is 0.703. The zero-order chi connectivity index (χ0) is 14.5. The van der Waals surface area contributed by atoms with Crippen molar-refractivity contribution >= 4 is 6.09 Å². The van der Waals surface area contributed by atoms with Crippen molar-refractivity contribution in [2.45, 2.75) is 46.3 Å². The molecule has 0 aliphatic heterocycles. The Morgan fingerprint density at radius 1 is 1.26 bits per heavy atom. The molecule has 4 heteroatoms. The Morgan fingerprint density at radius 3 is 2.37 bits per heavy atom. The zero-order valence-electron chi connectivity index (χ0n) is 12.3. The van der Waals surface area contributed by atoms with Crippen molar-refractivity contribution in [3.05, 3.63) is 29.8 Å². The van der Waals surface area contributed by atoms with Crippen molar-refractivity contribution in [3.8, 4) is 5.75 Å². The smallest absolute Gasteiger partial charge is 0.407 e. The molecule has 1 aromatic carbocycles. The molecule has 0 aliphatic carbocycles. The molecule has 0 saturated heterocycles. The third-order valence-electron chi connectivity index (χ3n) is 2.28. The van der Waals surface area contributed by atoms with Gasteiger partial charge >= 0.3 is 6.09 Å². The summed E-state index contributed by atoms with van der Waals surface area (Å²) in [5.74, 6) is 0.795. The lowest BCUT2D eigenvalue weighted by Gasteiger charge is -2.22. The average Bonchev–Trinajstić information content (AvgIpc) is 2.25. The molecule has 0 bridgehead atoms. The molecular weight excluding hydrogens is 242 g/mol. The van der Waals surface area contributed by atoms with Gasteiger partial charge in [0.25, 0.3) is 0 Å². The maximum Gasteiger partial charge on any atom is 0.407 e. The molecule has 1 atom stereocenters. The Bertz CT molecular complexity index is 406. The third-order valence-corrected chi connectivity index (χ3v) is 2.28. The largest absolute Gasteiger partial charge is 0.491 e. The Balaban J connectivity index is 2.33. The van der Waals surface area contributed by atoms with Crippen molar-refractivity contribution in [2.24, 2.45) is 0 Å². The van der Waals surface area contributed by atoms with Gasteiger partial charge in [0.05, 0.1) is 6.04 Å². The van der Waals surface area contributed by atoms with Gasteiger partial charge in [-0.15, -0.1) is 0 Å². The number of alkyl carbamates (subject to hydrolysis) is 1. The van der Waals surface area contributed by atoms with Crippen LogP contribution in [0.4, 0.5) is 4.79 Å². The van der Waals surface area contributed by atoms with Crippen molar-refractivity contribution < 1.29 is 14.3 Å². The standard InChI is InChI=1S/C15H23NO3/c1-11-6-8-13(9-7-11)18-10-12(2)16-14(17)19-15(3,4)5/h6-9,12H,10H2,1-5H3,(H,16,17)/t12-/m0/s1. The van der Waals surface area contributed by atoms with E-state index in [9.17, 15) is 4.79 Å². The van der Waals surface area contributed by atoms with Crippen LogP contribution >= 0.6 is 0 Å². The summed E-state index contributed by atoms with van der Waals surface area (Å²) in [6.07, 6.45) is -0.424. The second-order valence-corrected chi connectivity index (χ2v) is 5.67. The lowest BCUT2D eigenvalue weighted by atomic mass is 10.2. The summed E-state index contributed by atoms with van der Waals surface area (Å²) >= 11 is 0. The van der Waals surface area contributed by atoms with Crippen LogP contribution in [-0.2, 0) is 4.74 Å². The normalized spacial score (nSPS) is 12.7. The Hall–Kier alpha value is -1.71. The van der Waals surface area contributed by atoms with Crippen LogP contribution in [-0.4, -0.2) is 24.3 Å². The van der Waals surface area contributed by atoms with Crippen LogP contribution in [0.25, 0.3) is 0 Å². The minimum atomic E-state index is -0.485. The fraction of sp³-hybridized carbons (Fsp3) is 0.533. The van der Waals surface area contributed by atoms with Gasteiger partial charge < -0.3 is 14.8 Å². The van der Waals surface area contributed by atoms with E-state index < -0.39 is 11.7 Å². The number of ether oxygens (including phenoxy) is 2. The van der Waals surface area contributed by atoms with Gasteiger partial charge in [0.15, 0.2) is 0 Å². The highest BCUT2D eigenvalue weighted by Gasteiger charge is 2.17. The van der Waals surface area contributed by atoms with Gasteiger partial charge in [0.2, 0.25) is 0 Å². The Kier molecular flexibility index (Phi) is 5.21. The summed E-state index contributed by atoms with van der Waals surface area (Å²) in [7, 11) is 0. The van der Waals surface area contributed by atoms with Crippen LogP contribution in [0.5, 0.6) is 5.75 Å². The second-order valence-electron chi connectivity index (χ2n) is 5.67. The molecule has 1 rings (SSSR count). The first-order chi connectivity index (χ1) is 8.76. The third kappa shape index (κ3) is 6.70. The lowest BCUT2D eigenvalue weighted by molar-refractivity contribution is 0.0494. The summed E-state index contributed by atoms with van der Waals surface area (Å²) in [6, 6.07) is 7.68. The summed E-state index contributed by atoms with van der Waals surface area (Å²) in [4.78, 5) is 11.5. The number of nitrogens with one attached hydrogen (secondary N) is 1. The highest BCUT2D eigenvalue weighted by atomic mass is 16.6. The average molecular weight is 265 g/mol. The quantitative estimate of drug-likeness (QED) is 0.908. The molecule has 0 radical (unpaired) electrons. The van der Waals surface area contributed by atoms with E-state index in [-0.39, 0.29) is 6.04 Å². The van der Waals surface area contributed by atoms with Gasteiger partial charge in [-0.3, -0.25) is 0 Å². The van der Waals surface area contributed by atoms with Crippen molar-refractivity contribution in [3.63, 3.8) is 0 Å². The van der Waals surface area contributed by atoms with Gasteiger partial charge in [0.1, 0.15) is 18.0 Å². The predicted molar refractivity (Wildman–Crippen MR) is 75.5 cm³/mol. The topological polar surface area (TPSA) is 47.6 Å². The summed E-state index contributed by atoms with van der Waals surface area (Å²) in [6.45, 7) is 9.80. The molecule has 0 unspecified atom stereocenters. The van der Waals surface area contributed by atoms with E-state index in [0.29, 0.717) is 6.61 Å². The van der Waals surface area contributed by atoms with Crippen LogP contribution in [0.2, 0.25) is 0 Å². The minimum Gasteiger partial charge on any atom is -0.491 e. The van der Waals surface area contributed by atoms with E-state index in [2.05, 4.69) is 5.32 Å². The molecule has 1 amide bonds. The van der Waals surface area contributed by atoms with Gasteiger partial charge in [0, 0.05) is 0 Å². The fourth-order valence-electron chi connectivity index (χ4n) is 1.41. The second kappa shape index (κ2) is 6.45. The molecule has 0 aromatic heterocycles. The highest BCUT2D eigenvalue weighted by Crippen LogP contribution is 2.11. The maximum atomic E-state index is 11.5. The van der Waals surface area contributed by atoms with Crippen molar-refractivity contribution in [1.82, 2.24) is 5.32 Å². The first-order valence-corrected chi connectivity index (χ1v) is 6.45. The molecule has 0 saturated carbocycles. The number of hydrogen-bond acceptors (Lipinski definition) is 3. The summed E-state index contributed by atoms with van der Waals surface area (Å²) in [5, 5.41) is 2.73. The number of rotatable bonds is 4. The number of amides is 1. The van der Waals surface area contributed by atoms with Crippen LogP contribution in [0.1, 0.15) is 33.3 Å². The van der Waals surface area contributed by atoms with Gasteiger partial charge in [-0.2, -0.15) is 0 Å². The van der Waals surface area contributed by atoms with Crippen molar-refractivity contribution in [2.75, 3.05) is 6.61 Å². The maximum absolute atomic E-state index is 11.5. The first-order valence-electron chi connectivity index (χ1n) is 6.45. The number of hydrogen-bond donors (Lipinski definition) is 1. The molecular formula is C15H23NO3. The molecule has 0 fully saturated rings. The van der Waals surface area contributed by atoms with E-state index in [1.165, 1.54) is 5.56 Å². The van der Waals surface area contributed by atoms with E-state index in [1.54, 1.807) is 0 Å². The van der Waals surface area contributed by atoms with Crippen LogP contribution in [0.15, 0.2) is 24.3 Å². The molecule has 19 heavy (non-hydrogen) atoms. The van der Waals surface area contributed by atoms with Crippen LogP contribution in [0, 0.1) is 6.92 Å². The molecule has 0 aliphatic rings. The number of aryl methyl sites for hydroxylation is 1. The lowest BCUT2D eigenvalue weighted by Crippen LogP contribution is -2.40. The minimum absolute atomic E-state index is 0.115. The zero-order valence-corrected chi connectivity index (χ0v) is 12.3. The fourth-order valence-corrected chi connectivity index (χ4v) is 1.41.